The maximum absolute atomic E-state index is 12.3. The smallest absolute Gasteiger partial charge is 0.387 e. The zero-order chi connectivity index (χ0) is 12.8. The summed E-state index contributed by atoms with van der Waals surface area (Å²) in [6, 6.07) is 4.92. The SMILES string of the molecule is COc1cccc(C=C(C)CCl)c1OC(F)F. The first-order valence-electron chi connectivity index (χ1n) is 4.93. The van der Waals surface area contributed by atoms with E-state index in [1.807, 2.05) is 0 Å². The van der Waals surface area contributed by atoms with Gasteiger partial charge in [0.2, 0.25) is 0 Å². The van der Waals surface area contributed by atoms with Crippen LogP contribution in [0.5, 0.6) is 11.5 Å². The van der Waals surface area contributed by atoms with Gasteiger partial charge in [-0.15, -0.1) is 11.6 Å². The molecule has 0 aliphatic rings. The van der Waals surface area contributed by atoms with Gasteiger partial charge in [-0.3, -0.25) is 0 Å². The molecule has 94 valence electrons. The molecule has 0 unspecified atom stereocenters. The number of halogens is 3. The molecule has 0 amide bonds. The highest BCUT2D eigenvalue weighted by molar-refractivity contribution is 6.19. The summed E-state index contributed by atoms with van der Waals surface area (Å²) >= 11 is 5.65. The van der Waals surface area contributed by atoms with Gasteiger partial charge < -0.3 is 9.47 Å². The second kappa shape index (κ2) is 6.45. The van der Waals surface area contributed by atoms with Crippen LogP contribution in [0.4, 0.5) is 8.78 Å². The number of alkyl halides is 3. The quantitative estimate of drug-likeness (QED) is 0.749. The zero-order valence-corrected chi connectivity index (χ0v) is 10.3. The molecule has 0 spiro atoms. The number of hydrogen-bond donors (Lipinski definition) is 0. The van der Waals surface area contributed by atoms with E-state index in [-0.39, 0.29) is 11.5 Å². The Hall–Kier alpha value is -1.29. The number of methoxy groups -OCH3 is 1. The standard InChI is InChI=1S/C12H13ClF2O2/c1-8(7-13)6-9-4-3-5-10(16-2)11(9)17-12(14)15/h3-6,12H,7H2,1-2H3. The summed E-state index contributed by atoms with van der Waals surface area (Å²) in [7, 11) is 1.40. The van der Waals surface area contributed by atoms with E-state index in [9.17, 15) is 8.78 Å². The molecule has 2 nitrogen and oxygen atoms in total. The normalized spacial score (nSPS) is 11.8. The van der Waals surface area contributed by atoms with E-state index in [2.05, 4.69) is 4.74 Å². The van der Waals surface area contributed by atoms with Crippen LogP contribution in [0.3, 0.4) is 0 Å². The van der Waals surface area contributed by atoms with Gasteiger partial charge in [-0.2, -0.15) is 8.78 Å². The molecule has 0 radical (unpaired) electrons. The van der Waals surface area contributed by atoms with Crippen molar-refractivity contribution in [2.24, 2.45) is 0 Å². The Morgan fingerprint density at radius 2 is 2.18 bits per heavy atom. The highest BCUT2D eigenvalue weighted by Gasteiger charge is 2.13. The molecule has 1 rings (SSSR count). The van der Waals surface area contributed by atoms with Crippen molar-refractivity contribution in [1.82, 2.24) is 0 Å². The van der Waals surface area contributed by atoms with Crippen LogP contribution in [0.2, 0.25) is 0 Å². The Kier molecular flexibility index (Phi) is 5.22. The Morgan fingerprint density at radius 3 is 2.71 bits per heavy atom. The van der Waals surface area contributed by atoms with E-state index in [4.69, 9.17) is 16.3 Å². The Labute approximate surface area is 104 Å². The minimum atomic E-state index is -2.89. The molecule has 0 heterocycles. The fourth-order valence-electron chi connectivity index (χ4n) is 1.33. The Balaban J connectivity index is 3.19. The van der Waals surface area contributed by atoms with Gasteiger partial charge in [-0.05, 0) is 13.0 Å². The predicted molar refractivity (Wildman–Crippen MR) is 64.0 cm³/mol. The number of benzene rings is 1. The van der Waals surface area contributed by atoms with Crippen LogP contribution in [0, 0.1) is 0 Å². The van der Waals surface area contributed by atoms with Gasteiger partial charge in [0.25, 0.3) is 0 Å². The van der Waals surface area contributed by atoms with Crippen molar-refractivity contribution >= 4 is 17.7 Å². The summed E-state index contributed by atoms with van der Waals surface area (Å²) < 4.78 is 34.1. The lowest BCUT2D eigenvalue weighted by molar-refractivity contribution is -0.0513. The lowest BCUT2D eigenvalue weighted by atomic mass is 10.1. The molecule has 0 fully saturated rings. The molecule has 0 aromatic heterocycles. The summed E-state index contributed by atoms with van der Waals surface area (Å²) in [5.74, 6) is 0.613. The fraction of sp³-hybridized carbons (Fsp3) is 0.333. The van der Waals surface area contributed by atoms with Crippen molar-refractivity contribution in [1.29, 1.82) is 0 Å². The Morgan fingerprint density at radius 1 is 1.47 bits per heavy atom. The summed E-state index contributed by atoms with van der Waals surface area (Å²) in [4.78, 5) is 0. The first-order chi connectivity index (χ1) is 8.08. The van der Waals surface area contributed by atoms with E-state index in [1.165, 1.54) is 7.11 Å². The lowest BCUT2D eigenvalue weighted by Gasteiger charge is -2.12. The van der Waals surface area contributed by atoms with Crippen LogP contribution < -0.4 is 9.47 Å². The third kappa shape index (κ3) is 3.89. The summed E-state index contributed by atoms with van der Waals surface area (Å²) in [5, 5.41) is 0. The highest BCUT2D eigenvalue weighted by Crippen LogP contribution is 2.33. The zero-order valence-electron chi connectivity index (χ0n) is 9.54. The minimum Gasteiger partial charge on any atom is -0.493 e. The van der Waals surface area contributed by atoms with E-state index in [1.54, 1.807) is 31.2 Å². The van der Waals surface area contributed by atoms with Gasteiger partial charge in [-0.1, -0.05) is 23.8 Å². The van der Waals surface area contributed by atoms with Crippen LogP contribution in [0.15, 0.2) is 23.8 Å². The van der Waals surface area contributed by atoms with Crippen molar-refractivity contribution in [3.8, 4) is 11.5 Å². The maximum Gasteiger partial charge on any atom is 0.387 e. The number of allylic oxidation sites excluding steroid dienone is 1. The summed E-state index contributed by atoms with van der Waals surface area (Å²) in [6.07, 6.45) is 1.69. The van der Waals surface area contributed by atoms with E-state index in [0.717, 1.165) is 5.57 Å². The van der Waals surface area contributed by atoms with Gasteiger partial charge in [-0.25, -0.2) is 0 Å². The molecule has 0 saturated carbocycles. The van der Waals surface area contributed by atoms with Gasteiger partial charge in [0.15, 0.2) is 11.5 Å². The van der Waals surface area contributed by atoms with Crippen molar-refractivity contribution in [3.05, 3.63) is 29.3 Å². The average molecular weight is 263 g/mol. The van der Waals surface area contributed by atoms with Crippen LogP contribution in [-0.2, 0) is 0 Å². The van der Waals surface area contributed by atoms with E-state index < -0.39 is 6.61 Å². The third-order valence-corrected chi connectivity index (χ3v) is 2.47. The molecule has 0 atom stereocenters. The van der Waals surface area contributed by atoms with Crippen molar-refractivity contribution < 1.29 is 18.3 Å². The molecule has 1 aromatic carbocycles. The molecule has 17 heavy (non-hydrogen) atoms. The third-order valence-electron chi connectivity index (χ3n) is 2.05. The molecule has 5 heteroatoms. The first kappa shape index (κ1) is 13.8. The Bertz CT molecular complexity index is 405. The number of hydrogen-bond acceptors (Lipinski definition) is 2. The average Bonchev–Trinajstić information content (AvgIpc) is 2.30. The van der Waals surface area contributed by atoms with Gasteiger partial charge in [0.05, 0.1) is 7.11 Å². The van der Waals surface area contributed by atoms with Crippen LogP contribution in [0.25, 0.3) is 6.08 Å². The lowest BCUT2D eigenvalue weighted by Crippen LogP contribution is -2.05. The van der Waals surface area contributed by atoms with Crippen LogP contribution in [-0.4, -0.2) is 19.6 Å². The van der Waals surface area contributed by atoms with Crippen molar-refractivity contribution in [2.75, 3.05) is 13.0 Å². The summed E-state index contributed by atoms with van der Waals surface area (Å²) in [5.41, 5.74) is 1.36. The predicted octanol–water partition coefficient (Wildman–Crippen LogP) is 3.94. The van der Waals surface area contributed by atoms with Crippen LogP contribution in [0.1, 0.15) is 12.5 Å². The second-order valence-corrected chi connectivity index (χ2v) is 3.65. The largest absolute Gasteiger partial charge is 0.493 e. The van der Waals surface area contributed by atoms with Crippen molar-refractivity contribution in [2.45, 2.75) is 13.5 Å². The number of para-hydroxylation sites is 1. The highest BCUT2D eigenvalue weighted by atomic mass is 35.5. The molecule has 1 aromatic rings. The maximum atomic E-state index is 12.3. The molecule has 0 N–H and O–H groups in total. The fourth-order valence-corrected chi connectivity index (χ4v) is 1.40. The first-order valence-corrected chi connectivity index (χ1v) is 5.47. The molecule has 0 saturated heterocycles. The topological polar surface area (TPSA) is 18.5 Å². The van der Waals surface area contributed by atoms with Gasteiger partial charge >= 0.3 is 6.61 Å². The van der Waals surface area contributed by atoms with E-state index in [0.29, 0.717) is 11.4 Å². The van der Waals surface area contributed by atoms with Gasteiger partial charge in [0.1, 0.15) is 0 Å². The molecular weight excluding hydrogens is 250 g/mol. The van der Waals surface area contributed by atoms with E-state index >= 15 is 0 Å². The molecule has 0 bridgehead atoms. The second-order valence-electron chi connectivity index (χ2n) is 3.38. The molecule has 0 aliphatic heterocycles. The molecular formula is C12H13ClF2O2. The van der Waals surface area contributed by atoms with Crippen molar-refractivity contribution in [3.63, 3.8) is 0 Å². The monoisotopic (exact) mass is 262 g/mol. The summed E-state index contributed by atoms with van der Waals surface area (Å²) in [6.45, 7) is -1.09. The molecule has 0 aliphatic carbocycles. The number of ether oxygens (including phenoxy) is 2. The van der Waals surface area contributed by atoms with Crippen LogP contribution >= 0.6 is 11.6 Å². The van der Waals surface area contributed by atoms with Gasteiger partial charge in [0, 0.05) is 11.4 Å². The minimum absolute atomic E-state index is 0.0227. The number of rotatable bonds is 5.